The van der Waals surface area contributed by atoms with Crippen LogP contribution in [0, 0.1) is 0 Å². The molecule has 110 valence electrons. The van der Waals surface area contributed by atoms with Crippen molar-refractivity contribution in [2.24, 2.45) is 0 Å². The first-order chi connectivity index (χ1) is 10.7. The molecule has 0 fully saturated rings. The summed E-state index contributed by atoms with van der Waals surface area (Å²) in [6, 6.07) is 11.1. The lowest BCUT2D eigenvalue weighted by Gasteiger charge is -2.29. The van der Waals surface area contributed by atoms with Gasteiger partial charge in [-0.15, -0.1) is 0 Å². The second-order valence-corrected chi connectivity index (χ2v) is 5.37. The Bertz CT molecular complexity index is 777. The minimum absolute atomic E-state index is 0.0828. The van der Waals surface area contributed by atoms with Crippen molar-refractivity contribution in [1.82, 2.24) is 0 Å². The van der Waals surface area contributed by atoms with E-state index in [9.17, 15) is 9.90 Å². The number of ether oxygens (including phenoxy) is 2. The summed E-state index contributed by atoms with van der Waals surface area (Å²) in [5, 5.41) is 10.1. The highest BCUT2D eigenvalue weighted by molar-refractivity contribution is 6.04. The second kappa shape index (κ2) is 4.91. The van der Waals surface area contributed by atoms with Gasteiger partial charge in [-0.2, -0.15) is 0 Å². The van der Waals surface area contributed by atoms with Gasteiger partial charge in [0.2, 0.25) is 0 Å². The van der Waals surface area contributed by atoms with Crippen molar-refractivity contribution in [2.75, 3.05) is 6.61 Å². The van der Waals surface area contributed by atoms with Gasteiger partial charge < -0.3 is 14.6 Å². The van der Waals surface area contributed by atoms with E-state index in [-0.39, 0.29) is 29.6 Å². The van der Waals surface area contributed by atoms with Gasteiger partial charge >= 0.3 is 0 Å². The standard InChI is InChI=1S/C18H14O4/c19-13-9-15(11-5-2-1-3-6-11)22-18-12-7-4-8-21-16(12)10-14(20)17(13)18/h1-7,10,15,20H,8-9H2. The maximum Gasteiger partial charge on any atom is 0.174 e. The monoisotopic (exact) mass is 294 g/mol. The number of Topliss-reactive ketones (excluding diaryl/α,β-unsaturated/α-hetero) is 1. The number of rotatable bonds is 1. The quantitative estimate of drug-likeness (QED) is 0.874. The van der Waals surface area contributed by atoms with E-state index < -0.39 is 0 Å². The lowest BCUT2D eigenvalue weighted by atomic mass is 9.93. The summed E-state index contributed by atoms with van der Waals surface area (Å²) in [6.45, 7) is 0.446. The number of hydrogen-bond acceptors (Lipinski definition) is 4. The zero-order chi connectivity index (χ0) is 15.1. The molecule has 2 aromatic carbocycles. The smallest absolute Gasteiger partial charge is 0.174 e. The number of hydrogen-bond donors (Lipinski definition) is 1. The van der Waals surface area contributed by atoms with Gasteiger partial charge in [-0.05, 0) is 17.7 Å². The molecule has 1 atom stereocenters. The normalized spacial score (nSPS) is 18.9. The molecule has 0 saturated heterocycles. The first-order valence-electron chi connectivity index (χ1n) is 7.18. The number of phenolic OH excluding ortho intramolecular Hbond substituents is 1. The molecule has 2 aliphatic rings. The van der Waals surface area contributed by atoms with E-state index in [0.29, 0.717) is 23.7 Å². The van der Waals surface area contributed by atoms with Gasteiger partial charge in [0, 0.05) is 6.07 Å². The van der Waals surface area contributed by atoms with Gasteiger partial charge in [0.25, 0.3) is 0 Å². The molecule has 1 N–H and O–H groups in total. The van der Waals surface area contributed by atoms with Crippen molar-refractivity contribution in [3.05, 3.63) is 59.2 Å². The van der Waals surface area contributed by atoms with Gasteiger partial charge in [0.15, 0.2) is 5.78 Å². The van der Waals surface area contributed by atoms with Gasteiger partial charge in [-0.3, -0.25) is 4.79 Å². The van der Waals surface area contributed by atoms with Crippen molar-refractivity contribution in [3.8, 4) is 17.2 Å². The molecular formula is C18H14O4. The molecule has 2 aromatic rings. The fourth-order valence-electron chi connectivity index (χ4n) is 2.92. The van der Waals surface area contributed by atoms with Crippen LogP contribution < -0.4 is 9.47 Å². The molecule has 22 heavy (non-hydrogen) atoms. The lowest BCUT2D eigenvalue weighted by molar-refractivity contribution is 0.0844. The van der Waals surface area contributed by atoms with Crippen LogP contribution in [0.5, 0.6) is 17.2 Å². The molecule has 1 unspecified atom stereocenters. The predicted octanol–water partition coefficient (Wildman–Crippen LogP) is 3.50. The predicted molar refractivity (Wildman–Crippen MR) is 81.4 cm³/mol. The van der Waals surface area contributed by atoms with Crippen molar-refractivity contribution in [3.63, 3.8) is 0 Å². The number of aromatic hydroxyl groups is 1. The van der Waals surface area contributed by atoms with E-state index in [4.69, 9.17) is 9.47 Å². The number of benzene rings is 2. The van der Waals surface area contributed by atoms with Gasteiger partial charge in [0.1, 0.15) is 35.5 Å². The molecule has 0 radical (unpaired) electrons. The number of ketones is 1. The van der Waals surface area contributed by atoms with E-state index in [1.165, 1.54) is 6.07 Å². The van der Waals surface area contributed by atoms with Crippen molar-refractivity contribution >= 4 is 11.9 Å². The van der Waals surface area contributed by atoms with Crippen LogP contribution in [0.1, 0.15) is 34.0 Å². The molecule has 0 saturated carbocycles. The molecule has 0 bridgehead atoms. The van der Waals surface area contributed by atoms with Crippen LogP contribution in [0.4, 0.5) is 0 Å². The van der Waals surface area contributed by atoms with Crippen molar-refractivity contribution in [1.29, 1.82) is 0 Å². The summed E-state index contributed by atoms with van der Waals surface area (Å²) >= 11 is 0. The third kappa shape index (κ3) is 1.96. The third-order valence-electron chi connectivity index (χ3n) is 3.96. The minimum atomic E-state index is -0.345. The molecule has 4 rings (SSSR count). The highest BCUT2D eigenvalue weighted by Gasteiger charge is 2.33. The molecule has 0 aromatic heterocycles. The van der Waals surface area contributed by atoms with Gasteiger partial charge in [-0.25, -0.2) is 0 Å². The van der Waals surface area contributed by atoms with E-state index in [2.05, 4.69) is 0 Å². The molecule has 4 heteroatoms. The summed E-state index contributed by atoms with van der Waals surface area (Å²) in [5.74, 6) is 0.756. The summed E-state index contributed by atoms with van der Waals surface area (Å²) in [6.07, 6.45) is 3.60. The van der Waals surface area contributed by atoms with E-state index >= 15 is 0 Å². The van der Waals surface area contributed by atoms with Crippen molar-refractivity contribution < 1.29 is 19.4 Å². The molecule has 4 nitrogen and oxygen atoms in total. The first-order valence-corrected chi connectivity index (χ1v) is 7.18. The molecule has 0 amide bonds. The molecule has 2 aliphatic heterocycles. The van der Waals surface area contributed by atoms with Crippen LogP contribution in [-0.4, -0.2) is 17.5 Å². The maximum atomic E-state index is 12.5. The molecule has 2 heterocycles. The molecule has 0 spiro atoms. The van der Waals surface area contributed by atoms with Crippen LogP contribution in [-0.2, 0) is 0 Å². The van der Waals surface area contributed by atoms with E-state index in [1.54, 1.807) is 0 Å². The Hall–Kier alpha value is -2.75. The summed E-state index contributed by atoms with van der Waals surface area (Å²) in [4.78, 5) is 12.5. The fraction of sp³-hybridized carbons (Fsp3) is 0.167. The van der Waals surface area contributed by atoms with Gasteiger partial charge in [0.05, 0.1) is 12.0 Å². The summed E-state index contributed by atoms with van der Waals surface area (Å²) in [7, 11) is 0. The Morgan fingerprint density at radius 2 is 2.00 bits per heavy atom. The zero-order valence-corrected chi connectivity index (χ0v) is 11.8. The largest absolute Gasteiger partial charge is 0.507 e. The van der Waals surface area contributed by atoms with Crippen LogP contribution in [0.3, 0.4) is 0 Å². The van der Waals surface area contributed by atoms with E-state index in [1.807, 2.05) is 42.5 Å². The second-order valence-electron chi connectivity index (χ2n) is 5.37. The molecular weight excluding hydrogens is 280 g/mol. The first kappa shape index (κ1) is 13.0. The Kier molecular flexibility index (Phi) is 2.89. The Morgan fingerprint density at radius 3 is 2.82 bits per heavy atom. The summed E-state index contributed by atoms with van der Waals surface area (Å²) in [5.41, 5.74) is 1.91. The van der Waals surface area contributed by atoms with Crippen LogP contribution >= 0.6 is 0 Å². The average molecular weight is 294 g/mol. The highest BCUT2D eigenvalue weighted by Crippen LogP contribution is 2.46. The number of fused-ring (bicyclic) bond motifs is 3. The summed E-state index contributed by atoms with van der Waals surface area (Å²) < 4.78 is 11.6. The Balaban J connectivity index is 1.85. The number of phenols is 1. The third-order valence-corrected chi connectivity index (χ3v) is 3.96. The van der Waals surface area contributed by atoms with Crippen LogP contribution in [0.25, 0.3) is 6.08 Å². The maximum absolute atomic E-state index is 12.5. The molecule has 0 aliphatic carbocycles. The average Bonchev–Trinajstić information content (AvgIpc) is 2.55. The number of carbonyl (C=O) groups excluding carboxylic acids is 1. The Morgan fingerprint density at radius 1 is 1.18 bits per heavy atom. The fourth-order valence-corrected chi connectivity index (χ4v) is 2.92. The SMILES string of the molecule is O=C1CC(c2ccccc2)Oc2c3c(cc(O)c21)OCC=C3. The van der Waals surface area contributed by atoms with Crippen LogP contribution in [0.15, 0.2) is 42.5 Å². The Labute approximate surface area is 127 Å². The highest BCUT2D eigenvalue weighted by atomic mass is 16.5. The van der Waals surface area contributed by atoms with Gasteiger partial charge in [-0.1, -0.05) is 30.3 Å². The lowest BCUT2D eigenvalue weighted by Crippen LogP contribution is -2.22. The number of carbonyl (C=O) groups is 1. The topological polar surface area (TPSA) is 55.8 Å². The van der Waals surface area contributed by atoms with E-state index in [0.717, 1.165) is 5.56 Å². The minimum Gasteiger partial charge on any atom is -0.507 e. The van der Waals surface area contributed by atoms with Crippen LogP contribution in [0.2, 0.25) is 0 Å². The zero-order valence-electron chi connectivity index (χ0n) is 11.8. The van der Waals surface area contributed by atoms with Crippen molar-refractivity contribution in [2.45, 2.75) is 12.5 Å².